The summed E-state index contributed by atoms with van der Waals surface area (Å²) in [5.41, 5.74) is 4.98. The van der Waals surface area contributed by atoms with Gasteiger partial charge in [-0.05, 0) is 63.1 Å². The van der Waals surface area contributed by atoms with Crippen LogP contribution in [0.3, 0.4) is 0 Å². The van der Waals surface area contributed by atoms with Gasteiger partial charge in [0.05, 0.1) is 0 Å². The van der Waals surface area contributed by atoms with E-state index in [2.05, 4.69) is 23.7 Å². The fourth-order valence-corrected chi connectivity index (χ4v) is 3.10. The Morgan fingerprint density at radius 3 is 2.56 bits per heavy atom. The third-order valence-electron chi connectivity index (χ3n) is 4.76. The molecule has 0 aliphatic rings. The standard InChI is InChI=1S/C23H23N3O/c1-15(2)26-14-19(21-7-5-6-8-22(21)26)12-18(13-24)23(27)25-20-10-9-16(3)17(4)11-20/h5-12,14-15H,1-4H3,(H,25,27)/b18-12+. The number of aromatic nitrogens is 1. The van der Waals surface area contributed by atoms with Crippen LogP contribution in [0, 0.1) is 25.2 Å². The van der Waals surface area contributed by atoms with Gasteiger partial charge in [0.15, 0.2) is 0 Å². The minimum atomic E-state index is -0.401. The second-order valence-corrected chi connectivity index (χ2v) is 7.03. The molecular weight excluding hydrogens is 334 g/mol. The number of nitriles is 1. The van der Waals surface area contributed by atoms with Gasteiger partial charge in [-0.3, -0.25) is 4.79 Å². The minimum absolute atomic E-state index is 0.0832. The summed E-state index contributed by atoms with van der Waals surface area (Å²) in [6, 6.07) is 16.1. The van der Waals surface area contributed by atoms with Gasteiger partial charge in [0.2, 0.25) is 0 Å². The van der Waals surface area contributed by atoms with Crippen LogP contribution in [-0.2, 0) is 4.79 Å². The Morgan fingerprint density at radius 1 is 1.15 bits per heavy atom. The molecule has 0 saturated carbocycles. The summed E-state index contributed by atoms with van der Waals surface area (Å²) in [6.07, 6.45) is 3.66. The Labute approximate surface area is 159 Å². The van der Waals surface area contributed by atoms with Crippen LogP contribution in [0.1, 0.15) is 36.6 Å². The maximum Gasteiger partial charge on any atom is 0.266 e. The average Bonchev–Trinajstić information content (AvgIpc) is 3.01. The molecule has 4 heteroatoms. The summed E-state index contributed by atoms with van der Waals surface area (Å²) in [5.74, 6) is -0.401. The van der Waals surface area contributed by atoms with E-state index in [1.807, 2.05) is 68.6 Å². The first-order valence-corrected chi connectivity index (χ1v) is 9.00. The van der Waals surface area contributed by atoms with Crippen molar-refractivity contribution in [3.63, 3.8) is 0 Å². The molecule has 3 rings (SSSR count). The maximum atomic E-state index is 12.6. The number of amides is 1. The highest BCUT2D eigenvalue weighted by Gasteiger charge is 2.14. The van der Waals surface area contributed by atoms with Crippen LogP contribution in [0.15, 0.2) is 54.2 Å². The first-order chi connectivity index (χ1) is 12.9. The summed E-state index contributed by atoms with van der Waals surface area (Å²) >= 11 is 0. The summed E-state index contributed by atoms with van der Waals surface area (Å²) < 4.78 is 2.15. The number of benzene rings is 2. The van der Waals surface area contributed by atoms with Gasteiger partial charge in [-0.15, -0.1) is 0 Å². The Morgan fingerprint density at radius 2 is 1.89 bits per heavy atom. The van der Waals surface area contributed by atoms with Gasteiger partial charge in [0, 0.05) is 34.4 Å². The Hall–Kier alpha value is -3.32. The molecule has 0 aliphatic carbocycles. The van der Waals surface area contributed by atoms with Crippen molar-refractivity contribution in [2.75, 3.05) is 5.32 Å². The molecule has 0 saturated heterocycles. The second-order valence-electron chi connectivity index (χ2n) is 7.03. The lowest BCUT2D eigenvalue weighted by molar-refractivity contribution is -0.112. The predicted molar refractivity (Wildman–Crippen MR) is 110 cm³/mol. The lowest BCUT2D eigenvalue weighted by Gasteiger charge is -2.08. The predicted octanol–water partition coefficient (Wildman–Crippen LogP) is 5.38. The second kappa shape index (κ2) is 7.51. The molecule has 4 nitrogen and oxygen atoms in total. The molecule has 1 heterocycles. The zero-order valence-electron chi connectivity index (χ0n) is 16.1. The summed E-state index contributed by atoms with van der Waals surface area (Å²) in [7, 11) is 0. The molecule has 136 valence electrons. The van der Waals surface area contributed by atoms with Crippen LogP contribution < -0.4 is 5.32 Å². The largest absolute Gasteiger partial charge is 0.344 e. The Kier molecular flexibility index (Phi) is 5.14. The van der Waals surface area contributed by atoms with Crippen molar-refractivity contribution in [2.45, 2.75) is 33.7 Å². The highest BCUT2D eigenvalue weighted by molar-refractivity contribution is 6.10. The van der Waals surface area contributed by atoms with Gasteiger partial charge in [0.1, 0.15) is 11.6 Å². The van der Waals surface area contributed by atoms with Crippen molar-refractivity contribution in [1.82, 2.24) is 4.57 Å². The first-order valence-electron chi connectivity index (χ1n) is 9.00. The van der Waals surface area contributed by atoms with E-state index in [1.165, 1.54) is 0 Å². The fourth-order valence-electron chi connectivity index (χ4n) is 3.10. The molecule has 2 aromatic carbocycles. The monoisotopic (exact) mass is 357 g/mol. The van der Waals surface area contributed by atoms with E-state index in [0.717, 1.165) is 27.6 Å². The minimum Gasteiger partial charge on any atom is -0.344 e. The van der Waals surface area contributed by atoms with Gasteiger partial charge >= 0.3 is 0 Å². The molecule has 0 atom stereocenters. The molecule has 0 bridgehead atoms. The topological polar surface area (TPSA) is 57.8 Å². The van der Waals surface area contributed by atoms with Crippen LogP contribution in [-0.4, -0.2) is 10.5 Å². The smallest absolute Gasteiger partial charge is 0.266 e. The Bertz CT molecular complexity index is 1080. The van der Waals surface area contributed by atoms with Gasteiger partial charge < -0.3 is 9.88 Å². The van der Waals surface area contributed by atoms with Gasteiger partial charge in [0.25, 0.3) is 5.91 Å². The summed E-state index contributed by atoms with van der Waals surface area (Å²) in [6.45, 7) is 8.23. The van der Waals surface area contributed by atoms with Crippen molar-refractivity contribution in [3.05, 3.63) is 70.9 Å². The number of hydrogen-bond donors (Lipinski definition) is 1. The van der Waals surface area contributed by atoms with E-state index in [1.54, 1.807) is 6.08 Å². The van der Waals surface area contributed by atoms with E-state index in [4.69, 9.17) is 0 Å². The van der Waals surface area contributed by atoms with Crippen LogP contribution in [0.4, 0.5) is 5.69 Å². The number of nitrogens with zero attached hydrogens (tertiary/aromatic N) is 2. The zero-order chi connectivity index (χ0) is 19.6. The summed E-state index contributed by atoms with van der Waals surface area (Å²) in [4.78, 5) is 12.6. The van der Waals surface area contributed by atoms with Crippen molar-refractivity contribution in [3.8, 4) is 6.07 Å². The first kappa shape index (κ1) is 18.5. The third-order valence-corrected chi connectivity index (χ3v) is 4.76. The van der Waals surface area contributed by atoms with Crippen LogP contribution in [0.2, 0.25) is 0 Å². The van der Waals surface area contributed by atoms with Crippen molar-refractivity contribution >= 4 is 28.6 Å². The quantitative estimate of drug-likeness (QED) is 0.503. The maximum absolute atomic E-state index is 12.6. The molecule has 27 heavy (non-hydrogen) atoms. The number of hydrogen-bond acceptors (Lipinski definition) is 2. The number of anilines is 1. The summed E-state index contributed by atoms with van der Waals surface area (Å²) in [5, 5.41) is 13.4. The van der Waals surface area contributed by atoms with Gasteiger partial charge in [-0.1, -0.05) is 24.3 Å². The molecule has 1 amide bonds. The van der Waals surface area contributed by atoms with E-state index in [0.29, 0.717) is 5.69 Å². The van der Waals surface area contributed by atoms with E-state index in [-0.39, 0.29) is 11.6 Å². The highest BCUT2D eigenvalue weighted by atomic mass is 16.1. The number of rotatable bonds is 4. The number of nitrogens with one attached hydrogen (secondary N) is 1. The number of para-hydroxylation sites is 1. The van der Waals surface area contributed by atoms with Crippen molar-refractivity contribution in [1.29, 1.82) is 5.26 Å². The molecule has 0 fully saturated rings. The van der Waals surface area contributed by atoms with Gasteiger partial charge in [-0.25, -0.2) is 0 Å². The van der Waals surface area contributed by atoms with E-state index >= 15 is 0 Å². The number of carbonyl (C=O) groups is 1. The van der Waals surface area contributed by atoms with Crippen molar-refractivity contribution < 1.29 is 4.79 Å². The highest BCUT2D eigenvalue weighted by Crippen LogP contribution is 2.26. The molecule has 0 unspecified atom stereocenters. The SMILES string of the molecule is Cc1ccc(NC(=O)/C(C#N)=C/c2cn(C(C)C)c3ccccc23)cc1C. The average molecular weight is 357 g/mol. The molecule has 0 radical (unpaired) electrons. The van der Waals surface area contributed by atoms with Crippen molar-refractivity contribution in [2.24, 2.45) is 0 Å². The third kappa shape index (κ3) is 3.78. The van der Waals surface area contributed by atoms with Crippen LogP contribution in [0.25, 0.3) is 17.0 Å². The van der Waals surface area contributed by atoms with Crippen LogP contribution >= 0.6 is 0 Å². The lowest BCUT2D eigenvalue weighted by Crippen LogP contribution is -2.13. The molecule has 1 N–H and O–H groups in total. The molecule has 0 aliphatic heterocycles. The Balaban J connectivity index is 1.97. The van der Waals surface area contributed by atoms with E-state index in [9.17, 15) is 10.1 Å². The molecule has 3 aromatic rings. The lowest BCUT2D eigenvalue weighted by atomic mass is 10.1. The number of aryl methyl sites for hydroxylation is 2. The normalized spacial score (nSPS) is 11.6. The number of fused-ring (bicyclic) bond motifs is 1. The molecule has 1 aromatic heterocycles. The number of carbonyl (C=O) groups excluding carboxylic acids is 1. The molecule has 0 spiro atoms. The fraction of sp³-hybridized carbons (Fsp3) is 0.217. The van der Waals surface area contributed by atoms with E-state index < -0.39 is 5.91 Å². The van der Waals surface area contributed by atoms with Crippen LogP contribution in [0.5, 0.6) is 0 Å². The van der Waals surface area contributed by atoms with Gasteiger partial charge in [-0.2, -0.15) is 5.26 Å². The molecular formula is C23H23N3O. The zero-order valence-corrected chi connectivity index (χ0v) is 16.1.